The van der Waals surface area contributed by atoms with Gasteiger partial charge in [-0.15, -0.1) is 0 Å². The van der Waals surface area contributed by atoms with Gasteiger partial charge in [0.25, 0.3) is 0 Å². The maximum atomic E-state index is 10.6. The van der Waals surface area contributed by atoms with E-state index in [1.54, 1.807) is 0 Å². The Hall–Kier alpha value is -1.58. The van der Waals surface area contributed by atoms with E-state index in [4.69, 9.17) is 10.5 Å². The molecule has 0 fully saturated rings. The van der Waals surface area contributed by atoms with Crippen molar-refractivity contribution in [2.75, 3.05) is 6.61 Å². The average molecular weight is 287 g/mol. The highest BCUT2D eigenvalue weighted by atomic mass is 16.5. The lowest BCUT2D eigenvalue weighted by Crippen LogP contribution is -2.37. The zero-order valence-corrected chi connectivity index (χ0v) is 13.3. The van der Waals surface area contributed by atoms with Crippen LogP contribution in [0.15, 0.2) is 36.4 Å². The van der Waals surface area contributed by atoms with Crippen LogP contribution in [0, 0.1) is 5.41 Å². The zero-order chi connectivity index (χ0) is 15.6. The second-order valence-corrected chi connectivity index (χ2v) is 6.47. The Morgan fingerprint density at radius 2 is 1.81 bits per heavy atom. The zero-order valence-electron chi connectivity index (χ0n) is 13.3. The monoisotopic (exact) mass is 287 g/mol. The van der Waals surface area contributed by atoms with Gasteiger partial charge in [-0.05, 0) is 29.2 Å². The van der Waals surface area contributed by atoms with Gasteiger partial charge in [-0.2, -0.15) is 0 Å². The Kier molecular flexibility index (Phi) is 4.55. The van der Waals surface area contributed by atoms with Gasteiger partial charge in [0.15, 0.2) is 0 Å². The molecule has 0 unspecified atom stereocenters. The molecule has 0 aromatic heterocycles. The molecule has 0 spiro atoms. The minimum absolute atomic E-state index is 0.292. The first-order valence-electron chi connectivity index (χ1n) is 7.44. The largest absolute Gasteiger partial charge is 0.494 e. The second kappa shape index (κ2) is 6.04. The van der Waals surface area contributed by atoms with E-state index in [1.165, 1.54) is 0 Å². The first-order valence-corrected chi connectivity index (χ1v) is 7.44. The van der Waals surface area contributed by atoms with Crippen LogP contribution in [0.1, 0.15) is 39.3 Å². The summed E-state index contributed by atoms with van der Waals surface area (Å²) in [6.45, 7) is 8.49. The SMILES string of the molecule is CCOc1ccc2ccccc2c1[C@H](N)[C@H](O)C(C)(C)C. The summed E-state index contributed by atoms with van der Waals surface area (Å²) in [4.78, 5) is 0. The van der Waals surface area contributed by atoms with Gasteiger partial charge in [-0.25, -0.2) is 0 Å². The summed E-state index contributed by atoms with van der Waals surface area (Å²) in [7, 11) is 0. The first-order chi connectivity index (χ1) is 9.86. The molecular weight excluding hydrogens is 262 g/mol. The minimum atomic E-state index is -0.650. The van der Waals surface area contributed by atoms with E-state index in [-0.39, 0.29) is 5.41 Å². The number of hydrogen-bond donors (Lipinski definition) is 2. The molecule has 0 saturated heterocycles. The second-order valence-electron chi connectivity index (χ2n) is 6.47. The summed E-state index contributed by atoms with van der Waals surface area (Å²) in [5, 5.41) is 12.7. The van der Waals surface area contributed by atoms with E-state index >= 15 is 0 Å². The Labute approximate surface area is 126 Å². The maximum Gasteiger partial charge on any atom is 0.124 e. The fourth-order valence-electron chi connectivity index (χ4n) is 2.60. The van der Waals surface area contributed by atoms with Crippen molar-refractivity contribution in [3.05, 3.63) is 42.0 Å². The van der Waals surface area contributed by atoms with Gasteiger partial charge in [0.1, 0.15) is 5.75 Å². The molecule has 2 rings (SSSR count). The van der Waals surface area contributed by atoms with E-state index in [0.717, 1.165) is 22.1 Å². The molecule has 0 amide bonds. The third kappa shape index (κ3) is 3.20. The standard InChI is InChI=1S/C18H25NO2/c1-5-21-14-11-10-12-8-6-7-9-13(12)15(14)16(19)17(20)18(2,3)4/h6-11,16-17,20H,5,19H2,1-4H3/t16-,17-/m0/s1. The summed E-state index contributed by atoms with van der Waals surface area (Å²) in [6, 6.07) is 11.5. The Bertz CT molecular complexity index is 616. The molecule has 0 radical (unpaired) electrons. The molecule has 3 N–H and O–H groups in total. The number of rotatable bonds is 4. The average Bonchev–Trinajstić information content (AvgIpc) is 2.45. The molecule has 0 aliphatic carbocycles. The third-order valence-corrected chi connectivity index (χ3v) is 3.79. The lowest BCUT2D eigenvalue weighted by molar-refractivity contribution is 0.0397. The molecule has 0 bridgehead atoms. The Morgan fingerprint density at radius 3 is 2.43 bits per heavy atom. The first kappa shape index (κ1) is 15.8. The van der Waals surface area contributed by atoms with Crippen LogP contribution in [-0.4, -0.2) is 17.8 Å². The van der Waals surface area contributed by atoms with Crippen LogP contribution in [-0.2, 0) is 0 Å². The van der Waals surface area contributed by atoms with Crippen molar-refractivity contribution in [1.29, 1.82) is 0 Å². The van der Waals surface area contributed by atoms with Gasteiger partial charge in [0, 0.05) is 5.56 Å². The molecule has 2 aromatic carbocycles. The number of ether oxygens (including phenoxy) is 1. The van der Waals surface area contributed by atoms with Crippen LogP contribution in [0.3, 0.4) is 0 Å². The predicted molar refractivity (Wildman–Crippen MR) is 87.5 cm³/mol. The number of aliphatic hydroxyl groups is 1. The van der Waals surface area contributed by atoms with Crippen molar-refractivity contribution >= 4 is 10.8 Å². The van der Waals surface area contributed by atoms with E-state index in [9.17, 15) is 5.11 Å². The summed E-state index contributed by atoms with van der Waals surface area (Å²) in [5.74, 6) is 0.756. The normalized spacial score (nSPS) is 15.0. The van der Waals surface area contributed by atoms with Gasteiger partial charge in [0.05, 0.1) is 18.8 Å². The molecule has 0 aliphatic rings. The molecule has 0 heterocycles. The fraction of sp³-hybridized carbons (Fsp3) is 0.444. The van der Waals surface area contributed by atoms with Crippen molar-refractivity contribution in [3.63, 3.8) is 0 Å². The number of fused-ring (bicyclic) bond motifs is 1. The summed E-state index contributed by atoms with van der Waals surface area (Å²) >= 11 is 0. The van der Waals surface area contributed by atoms with E-state index in [0.29, 0.717) is 6.61 Å². The highest BCUT2D eigenvalue weighted by Crippen LogP contribution is 2.37. The number of nitrogens with two attached hydrogens (primary N) is 1. The van der Waals surface area contributed by atoms with Gasteiger partial charge in [-0.1, -0.05) is 51.1 Å². The van der Waals surface area contributed by atoms with Crippen molar-refractivity contribution < 1.29 is 9.84 Å². The smallest absolute Gasteiger partial charge is 0.124 e. The lowest BCUT2D eigenvalue weighted by atomic mass is 9.81. The maximum absolute atomic E-state index is 10.6. The number of aliphatic hydroxyl groups excluding tert-OH is 1. The molecular formula is C18H25NO2. The van der Waals surface area contributed by atoms with Crippen LogP contribution in [0.25, 0.3) is 10.8 Å². The van der Waals surface area contributed by atoms with Crippen LogP contribution >= 0.6 is 0 Å². The van der Waals surface area contributed by atoms with Crippen LogP contribution in [0.5, 0.6) is 5.75 Å². The molecule has 0 aliphatic heterocycles. The van der Waals surface area contributed by atoms with Crippen molar-refractivity contribution in [2.45, 2.75) is 39.8 Å². The minimum Gasteiger partial charge on any atom is -0.494 e. The van der Waals surface area contributed by atoms with Gasteiger partial charge >= 0.3 is 0 Å². The lowest BCUT2D eigenvalue weighted by Gasteiger charge is -2.32. The summed E-state index contributed by atoms with van der Waals surface area (Å²) in [6.07, 6.45) is -0.650. The van der Waals surface area contributed by atoms with Gasteiger partial charge in [-0.3, -0.25) is 0 Å². The topological polar surface area (TPSA) is 55.5 Å². The molecule has 3 nitrogen and oxygen atoms in total. The van der Waals surface area contributed by atoms with Crippen LogP contribution in [0.2, 0.25) is 0 Å². The molecule has 2 atom stereocenters. The quantitative estimate of drug-likeness (QED) is 0.902. The molecule has 3 heteroatoms. The van der Waals surface area contributed by atoms with Crippen molar-refractivity contribution in [2.24, 2.45) is 11.1 Å². The summed E-state index contributed by atoms with van der Waals surface area (Å²) < 4.78 is 5.74. The van der Waals surface area contributed by atoms with E-state index in [2.05, 4.69) is 0 Å². The van der Waals surface area contributed by atoms with E-state index in [1.807, 2.05) is 64.1 Å². The van der Waals surface area contributed by atoms with Crippen molar-refractivity contribution in [1.82, 2.24) is 0 Å². The Morgan fingerprint density at radius 1 is 1.14 bits per heavy atom. The number of hydrogen-bond acceptors (Lipinski definition) is 3. The van der Waals surface area contributed by atoms with E-state index < -0.39 is 12.1 Å². The molecule has 114 valence electrons. The highest BCUT2D eigenvalue weighted by Gasteiger charge is 2.31. The van der Waals surface area contributed by atoms with Crippen molar-refractivity contribution in [3.8, 4) is 5.75 Å². The van der Waals surface area contributed by atoms with Gasteiger partial charge in [0.2, 0.25) is 0 Å². The number of benzene rings is 2. The molecule has 2 aromatic rings. The van der Waals surface area contributed by atoms with Gasteiger partial charge < -0.3 is 15.6 Å². The fourth-order valence-corrected chi connectivity index (χ4v) is 2.60. The molecule has 0 saturated carbocycles. The third-order valence-electron chi connectivity index (χ3n) is 3.79. The highest BCUT2D eigenvalue weighted by molar-refractivity contribution is 5.88. The van der Waals surface area contributed by atoms with Crippen LogP contribution < -0.4 is 10.5 Å². The molecule has 21 heavy (non-hydrogen) atoms. The summed E-state index contributed by atoms with van der Waals surface area (Å²) in [5.41, 5.74) is 6.99. The van der Waals surface area contributed by atoms with Crippen LogP contribution in [0.4, 0.5) is 0 Å². The predicted octanol–water partition coefficient (Wildman–Crippen LogP) is 3.65. The Balaban J connectivity index is 2.61.